The summed E-state index contributed by atoms with van der Waals surface area (Å²) >= 11 is 0. The Bertz CT molecular complexity index is 845. The summed E-state index contributed by atoms with van der Waals surface area (Å²) in [5, 5.41) is 2.99. The monoisotopic (exact) mass is 372 g/mol. The molecule has 3 heterocycles. The molecule has 3 aliphatic rings. The van der Waals surface area contributed by atoms with Crippen molar-refractivity contribution in [1.82, 2.24) is 10.3 Å². The highest BCUT2D eigenvalue weighted by molar-refractivity contribution is 7.94. The highest BCUT2D eigenvalue weighted by Gasteiger charge is 2.59. The summed E-state index contributed by atoms with van der Waals surface area (Å²) in [4.78, 5) is 16.5. The van der Waals surface area contributed by atoms with Crippen molar-refractivity contribution in [3.8, 4) is 0 Å². The summed E-state index contributed by atoms with van der Waals surface area (Å²) in [6.07, 6.45) is 0.298. The second-order valence-electron chi connectivity index (χ2n) is 6.73. The summed E-state index contributed by atoms with van der Waals surface area (Å²) in [6, 6.07) is 3.19. The van der Waals surface area contributed by atoms with Crippen molar-refractivity contribution >= 4 is 27.5 Å². The Balaban J connectivity index is 1.68. The molecule has 2 atom stereocenters. The van der Waals surface area contributed by atoms with Crippen LogP contribution in [0.5, 0.6) is 0 Å². The van der Waals surface area contributed by atoms with Crippen LogP contribution in [0.1, 0.15) is 24.5 Å². The average molecular weight is 372 g/mol. The van der Waals surface area contributed by atoms with E-state index < -0.39 is 22.0 Å². The van der Waals surface area contributed by atoms with Gasteiger partial charge in [-0.15, -0.1) is 0 Å². The van der Waals surface area contributed by atoms with Crippen molar-refractivity contribution in [3.05, 3.63) is 17.8 Å². The Hall–Kier alpha value is -1.81. The predicted molar refractivity (Wildman–Crippen MR) is 87.2 cm³/mol. The minimum absolute atomic E-state index is 0.0108. The summed E-state index contributed by atoms with van der Waals surface area (Å²) < 4.78 is 53.6. The highest BCUT2D eigenvalue weighted by atomic mass is 32.2. The van der Waals surface area contributed by atoms with Gasteiger partial charge in [0.15, 0.2) is 11.6 Å². The van der Waals surface area contributed by atoms with E-state index in [1.165, 1.54) is 7.05 Å². The number of nitrogens with zero attached hydrogens (tertiary/aromatic N) is 3. The zero-order valence-electron chi connectivity index (χ0n) is 13.6. The molecule has 1 saturated carbocycles. The third kappa shape index (κ3) is 2.58. The van der Waals surface area contributed by atoms with Crippen LogP contribution in [0, 0.1) is 5.92 Å². The maximum atomic E-state index is 13.2. The lowest BCUT2D eigenvalue weighted by Crippen LogP contribution is -2.37. The topological polar surface area (TPSA) is 82.6 Å². The molecule has 1 aromatic heterocycles. The number of rotatable bonds is 3. The van der Waals surface area contributed by atoms with Crippen molar-refractivity contribution in [2.24, 2.45) is 5.92 Å². The van der Waals surface area contributed by atoms with Gasteiger partial charge in [0.25, 0.3) is 5.92 Å². The molecule has 0 aromatic carbocycles. The van der Waals surface area contributed by atoms with Crippen LogP contribution in [0.15, 0.2) is 12.1 Å². The van der Waals surface area contributed by atoms with Crippen LogP contribution in [0.4, 0.5) is 20.3 Å². The Labute approximate surface area is 144 Å². The van der Waals surface area contributed by atoms with E-state index in [2.05, 4.69) is 10.3 Å². The Morgan fingerprint density at radius 2 is 2.12 bits per heavy atom. The van der Waals surface area contributed by atoms with Gasteiger partial charge in [-0.1, -0.05) is 0 Å². The molecule has 0 amide bonds. The number of carbonyl (C=O) groups excluding carboxylic acids is 1. The first-order valence-electron chi connectivity index (χ1n) is 8.10. The molecule has 0 spiro atoms. The first-order valence-corrected chi connectivity index (χ1v) is 9.50. The van der Waals surface area contributed by atoms with Crippen LogP contribution < -0.4 is 13.9 Å². The van der Waals surface area contributed by atoms with Gasteiger partial charge in [0, 0.05) is 25.9 Å². The zero-order valence-corrected chi connectivity index (χ0v) is 14.4. The number of hydrogen-bond acceptors (Lipinski definition) is 5. The van der Waals surface area contributed by atoms with E-state index in [9.17, 15) is 22.0 Å². The quantitative estimate of drug-likeness (QED) is 0.852. The van der Waals surface area contributed by atoms with E-state index in [1.807, 2.05) is 0 Å². The van der Waals surface area contributed by atoms with E-state index in [0.717, 1.165) is 8.61 Å². The Morgan fingerprint density at radius 1 is 1.40 bits per heavy atom. The van der Waals surface area contributed by atoms with Crippen LogP contribution in [0.3, 0.4) is 0 Å². The molecule has 0 radical (unpaired) electrons. The number of piperidine rings is 1. The number of carbonyl (C=O) groups is 1. The summed E-state index contributed by atoms with van der Waals surface area (Å²) in [6.45, 7) is 0.687. The van der Waals surface area contributed by atoms with Gasteiger partial charge in [-0.3, -0.25) is 4.79 Å². The number of Topliss-reactive ketones (excluding diaryl/α,β-unsaturated/α-hetero) is 1. The summed E-state index contributed by atoms with van der Waals surface area (Å²) in [5.41, 5.74) is 0.807. The van der Waals surface area contributed by atoms with Gasteiger partial charge in [0.2, 0.25) is 0 Å². The number of halogens is 2. The van der Waals surface area contributed by atoms with E-state index in [-0.39, 0.29) is 42.7 Å². The number of pyridine rings is 1. The fourth-order valence-electron chi connectivity index (χ4n) is 3.37. The lowest BCUT2D eigenvalue weighted by atomic mass is 9.93. The molecule has 1 aliphatic carbocycles. The molecular formula is C15H18F2N4O3S. The molecule has 2 fully saturated rings. The number of aromatic nitrogens is 1. The molecule has 1 saturated heterocycles. The second-order valence-corrected chi connectivity index (χ2v) is 8.62. The number of nitrogens with one attached hydrogen (secondary N) is 1. The standard InChI is InChI=1S/C15H18F2N4O3S/c1-20-14-12(21(25(20,23)24)8-9-6-15(9,16)17)3-2-11(19-14)10-4-5-18-7-13(10)22/h2-3,9-10,18H,4-8H2,1H3. The van der Waals surface area contributed by atoms with E-state index in [0.29, 0.717) is 18.7 Å². The smallest absolute Gasteiger partial charge is 0.310 e. The number of hydrogen-bond donors (Lipinski definition) is 1. The second kappa shape index (κ2) is 5.34. The summed E-state index contributed by atoms with van der Waals surface area (Å²) in [5.74, 6) is -3.94. The predicted octanol–water partition coefficient (Wildman–Crippen LogP) is 0.884. The van der Waals surface area contributed by atoms with Crippen LogP contribution in [0.25, 0.3) is 0 Å². The van der Waals surface area contributed by atoms with Gasteiger partial charge < -0.3 is 5.32 Å². The average Bonchev–Trinajstić information content (AvgIpc) is 3.12. The lowest BCUT2D eigenvalue weighted by Gasteiger charge is -2.21. The zero-order chi connectivity index (χ0) is 18.0. The van der Waals surface area contributed by atoms with Crippen LogP contribution in [-0.2, 0) is 15.0 Å². The Kier molecular flexibility index (Phi) is 3.56. The van der Waals surface area contributed by atoms with E-state index >= 15 is 0 Å². The van der Waals surface area contributed by atoms with Gasteiger partial charge in [0.1, 0.15) is 0 Å². The lowest BCUT2D eigenvalue weighted by molar-refractivity contribution is -0.120. The third-order valence-electron chi connectivity index (χ3n) is 5.06. The number of anilines is 2. The third-order valence-corrected chi connectivity index (χ3v) is 6.83. The van der Waals surface area contributed by atoms with Crippen LogP contribution >= 0.6 is 0 Å². The van der Waals surface area contributed by atoms with Crippen molar-refractivity contribution in [2.75, 3.05) is 35.3 Å². The first-order chi connectivity index (χ1) is 11.7. The molecule has 1 aromatic rings. The molecule has 10 heteroatoms. The molecule has 0 bridgehead atoms. The van der Waals surface area contributed by atoms with Crippen LogP contribution in [-0.4, -0.2) is 51.8 Å². The van der Waals surface area contributed by atoms with Gasteiger partial charge in [-0.05, 0) is 25.1 Å². The van der Waals surface area contributed by atoms with Crippen LogP contribution in [0.2, 0.25) is 0 Å². The summed E-state index contributed by atoms with van der Waals surface area (Å²) in [7, 11) is -2.57. The molecule has 136 valence electrons. The van der Waals surface area contributed by atoms with Gasteiger partial charge in [0.05, 0.1) is 23.8 Å². The molecule has 1 N–H and O–H groups in total. The number of alkyl halides is 2. The van der Waals surface area contributed by atoms with Crippen molar-refractivity contribution < 1.29 is 22.0 Å². The van der Waals surface area contributed by atoms with Crippen molar-refractivity contribution in [2.45, 2.75) is 24.7 Å². The maximum absolute atomic E-state index is 13.2. The van der Waals surface area contributed by atoms with E-state index in [4.69, 9.17) is 0 Å². The normalized spacial score (nSPS) is 29.6. The van der Waals surface area contributed by atoms with Crippen molar-refractivity contribution in [3.63, 3.8) is 0 Å². The van der Waals surface area contributed by atoms with E-state index in [1.54, 1.807) is 12.1 Å². The SMILES string of the molecule is CN1c2nc(C3CCNCC3=O)ccc2N(CC2CC2(F)F)S1(=O)=O. The van der Waals surface area contributed by atoms with Gasteiger partial charge in [-0.25, -0.2) is 22.4 Å². The number of ketones is 1. The fourth-order valence-corrected chi connectivity index (χ4v) is 4.78. The largest absolute Gasteiger partial charge is 0.327 e. The van der Waals surface area contributed by atoms with Gasteiger partial charge in [-0.2, -0.15) is 8.42 Å². The van der Waals surface area contributed by atoms with Crippen molar-refractivity contribution in [1.29, 1.82) is 0 Å². The molecular weight excluding hydrogens is 354 g/mol. The Morgan fingerprint density at radius 3 is 2.76 bits per heavy atom. The number of fused-ring (bicyclic) bond motifs is 1. The molecule has 2 aliphatic heterocycles. The molecule has 2 unspecified atom stereocenters. The minimum atomic E-state index is -3.92. The first kappa shape index (κ1) is 16.6. The highest BCUT2D eigenvalue weighted by Crippen LogP contribution is 2.51. The maximum Gasteiger partial charge on any atom is 0.327 e. The molecule has 25 heavy (non-hydrogen) atoms. The molecule has 7 nitrogen and oxygen atoms in total. The fraction of sp³-hybridized carbons (Fsp3) is 0.600. The molecule has 4 rings (SSSR count). The van der Waals surface area contributed by atoms with Gasteiger partial charge >= 0.3 is 10.2 Å². The minimum Gasteiger partial charge on any atom is -0.310 e.